The molecule has 0 bridgehead atoms. The monoisotopic (exact) mass is 295 g/mol. The van der Waals surface area contributed by atoms with E-state index in [0.717, 1.165) is 35.7 Å². The van der Waals surface area contributed by atoms with Crippen LogP contribution in [0.1, 0.15) is 32.3 Å². The molecule has 1 saturated heterocycles. The van der Waals surface area contributed by atoms with Crippen molar-refractivity contribution in [3.05, 3.63) is 23.8 Å². The van der Waals surface area contributed by atoms with Crippen molar-refractivity contribution in [2.75, 3.05) is 18.6 Å². The number of hydrogen-bond acceptors (Lipinski definition) is 4. The molecule has 2 N–H and O–H groups in total. The van der Waals surface area contributed by atoms with Gasteiger partial charge in [-0.2, -0.15) is 11.8 Å². The molecule has 0 aliphatic carbocycles. The van der Waals surface area contributed by atoms with E-state index in [1.54, 1.807) is 7.11 Å². The fourth-order valence-electron chi connectivity index (χ4n) is 2.50. The van der Waals surface area contributed by atoms with E-state index >= 15 is 0 Å². The molecule has 1 aliphatic rings. The highest BCUT2D eigenvalue weighted by Gasteiger charge is 2.21. The number of rotatable bonds is 5. The zero-order valence-electron chi connectivity index (χ0n) is 12.6. The first kappa shape index (κ1) is 15.5. The summed E-state index contributed by atoms with van der Waals surface area (Å²) in [5.74, 6) is 4.00. The van der Waals surface area contributed by atoms with E-state index in [0.29, 0.717) is 6.10 Å². The number of methoxy groups -OCH3 is 1. The summed E-state index contributed by atoms with van der Waals surface area (Å²) in [4.78, 5) is 0. The highest BCUT2D eigenvalue weighted by molar-refractivity contribution is 7.99. The van der Waals surface area contributed by atoms with Crippen molar-refractivity contribution >= 4 is 11.8 Å². The molecule has 4 heteroatoms. The minimum Gasteiger partial charge on any atom is -0.493 e. The lowest BCUT2D eigenvalue weighted by molar-refractivity contribution is 0.201. The summed E-state index contributed by atoms with van der Waals surface area (Å²) < 4.78 is 11.7. The lowest BCUT2D eigenvalue weighted by atomic mass is 9.95. The third kappa shape index (κ3) is 4.32. The van der Waals surface area contributed by atoms with Crippen LogP contribution in [0.25, 0.3) is 0 Å². The predicted molar refractivity (Wildman–Crippen MR) is 85.9 cm³/mol. The Morgan fingerprint density at radius 2 is 2.20 bits per heavy atom. The number of thioether (sulfide) groups is 1. The second kappa shape index (κ2) is 6.72. The number of para-hydroxylation sites is 1. The molecule has 1 aromatic rings. The number of nitrogens with two attached hydrogens (primary N) is 1. The Bertz CT molecular complexity index is 437. The normalized spacial score (nSPS) is 19.7. The number of hydrogen-bond donors (Lipinski definition) is 1. The van der Waals surface area contributed by atoms with Crippen LogP contribution < -0.4 is 15.2 Å². The fourth-order valence-corrected chi connectivity index (χ4v) is 3.53. The van der Waals surface area contributed by atoms with Gasteiger partial charge < -0.3 is 15.2 Å². The molecule has 1 aromatic carbocycles. The maximum absolute atomic E-state index is 6.15. The van der Waals surface area contributed by atoms with Crippen molar-refractivity contribution in [2.24, 2.45) is 5.73 Å². The summed E-state index contributed by atoms with van der Waals surface area (Å²) >= 11 is 1.96. The quantitative estimate of drug-likeness (QED) is 0.905. The van der Waals surface area contributed by atoms with E-state index in [1.807, 2.05) is 37.7 Å². The van der Waals surface area contributed by atoms with Crippen molar-refractivity contribution in [1.82, 2.24) is 0 Å². The Labute approximate surface area is 126 Å². The van der Waals surface area contributed by atoms with E-state index in [4.69, 9.17) is 15.2 Å². The third-order valence-corrected chi connectivity index (χ3v) is 4.51. The molecule has 1 unspecified atom stereocenters. The van der Waals surface area contributed by atoms with Crippen LogP contribution in [-0.4, -0.2) is 30.3 Å². The Balaban J connectivity index is 2.17. The first-order valence-corrected chi connectivity index (χ1v) is 8.34. The molecule has 1 heterocycles. The van der Waals surface area contributed by atoms with Crippen molar-refractivity contribution in [3.8, 4) is 11.5 Å². The number of ether oxygens (including phenoxy) is 2. The topological polar surface area (TPSA) is 44.5 Å². The zero-order chi connectivity index (χ0) is 14.6. The maximum atomic E-state index is 6.15. The van der Waals surface area contributed by atoms with Gasteiger partial charge in [0.05, 0.1) is 7.11 Å². The second-order valence-electron chi connectivity index (χ2n) is 6.07. The molecule has 3 nitrogen and oxygen atoms in total. The molecular weight excluding hydrogens is 270 g/mol. The highest BCUT2D eigenvalue weighted by atomic mass is 32.2. The third-order valence-electron chi connectivity index (χ3n) is 3.32. The van der Waals surface area contributed by atoms with Gasteiger partial charge >= 0.3 is 0 Å². The average molecular weight is 295 g/mol. The molecule has 0 spiro atoms. The van der Waals surface area contributed by atoms with Gasteiger partial charge in [-0.25, -0.2) is 0 Å². The van der Waals surface area contributed by atoms with Gasteiger partial charge in [-0.15, -0.1) is 0 Å². The minimum absolute atomic E-state index is 0.257. The standard InChI is InChI=1S/C16H25NO2S/c1-16(2,17)10-12-6-4-8-14(15(12)18-3)19-13-7-5-9-20-11-13/h4,6,8,13H,5,7,9-11,17H2,1-3H3. The Morgan fingerprint density at radius 3 is 2.80 bits per heavy atom. The SMILES string of the molecule is COc1c(CC(C)(C)N)cccc1OC1CCCSC1. The summed E-state index contributed by atoms with van der Waals surface area (Å²) in [5, 5.41) is 0. The van der Waals surface area contributed by atoms with Gasteiger partial charge in [-0.05, 0) is 50.5 Å². The van der Waals surface area contributed by atoms with Crippen LogP contribution in [0, 0.1) is 0 Å². The molecule has 1 aliphatic heterocycles. The molecule has 1 atom stereocenters. The summed E-state index contributed by atoms with van der Waals surface area (Å²) in [6.45, 7) is 4.05. The zero-order valence-corrected chi connectivity index (χ0v) is 13.5. The van der Waals surface area contributed by atoms with E-state index in [1.165, 1.54) is 12.2 Å². The van der Waals surface area contributed by atoms with Crippen LogP contribution in [0.5, 0.6) is 11.5 Å². The highest BCUT2D eigenvalue weighted by Crippen LogP contribution is 2.35. The van der Waals surface area contributed by atoms with E-state index < -0.39 is 0 Å². The largest absolute Gasteiger partial charge is 0.493 e. The van der Waals surface area contributed by atoms with Crippen LogP contribution in [0.3, 0.4) is 0 Å². The van der Waals surface area contributed by atoms with E-state index in [9.17, 15) is 0 Å². The van der Waals surface area contributed by atoms with Gasteiger partial charge in [0, 0.05) is 11.3 Å². The van der Waals surface area contributed by atoms with Crippen LogP contribution in [0.15, 0.2) is 18.2 Å². The lowest BCUT2D eigenvalue weighted by Crippen LogP contribution is -2.34. The summed E-state index contributed by atoms with van der Waals surface area (Å²) in [6.07, 6.45) is 3.42. The van der Waals surface area contributed by atoms with Crippen LogP contribution in [-0.2, 0) is 6.42 Å². The van der Waals surface area contributed by atoms with Crippen LogP contribution >= 0.6 is 11.8 Å². The van der Waals surface area contributed by atoms with E-state index in [-0.39, 0.29) is 5.54 Å². The Kier molecular flexibility index (Phi) is 5.22. The molecular formula is C16H25NO2S. The Morgan fingerprint density at radius 1 is 1.40 bits per heavy atom. The minimum atomic E-state index is -0.257. The molecule has 20 heavy (non-hydrogen) atoms. The van der Waals surface area contributed by atoms with Crippen molar-refractivity contribution in [2.45, 2.75) is 44.8 Å². The number of benzene rings is 1. The summed E-state index contributed by atoms with van der Waals surface area (Å²) in [7, 11) is 1.70. The molecule has 112 valence electrons. The molecule has 0 amide bonds. The lowest BCUT2D eigenvalue weighted by Gasteiger charge is -2.25. The first-order chi connectivity index (χ1) is 9.49. The first-order valence-electron chi connectivity index (χ1n) is 7.19. The van der Waals surface area contributed by atoms with Crippen molar-refractivity contribution in [3.63, 3.8) is 0 Å². The summed E-state index contributed by atoms with van der Waals surface area (Å²) in [6, 6.07) is 6.08. The van der Waals surface area contributed by atoms with Gasteiger partial charge in [0.15, 0.2) is 11.5 Å². The molecule has 0 radical (unpaired) electrons. The van der Waals surface area contributed by atoms with Crippen LogP contribution in [0.2, 0.25) is 0 Å². The maximum Gasteiger partial charge on any atom is 0.163 e. The fraction of sp³-hybridized carbons (Fsp3) is 0.625. The average Bonchev–Trinajstić information content (AvgIpc) is 2.38. The second-order valence-corrected chi connectivity index (χ2v) is 7.22. The molecule has 2 rings (SSSR count). The molecule has 0 aromatic heterocycles. The van der Waals surface area contributed by atoms with Gasteiger partial charge in [0.1, 0.15) is 6.10 Å². The van der Waals surface area contributed by atoms with E-state index in [2.05, 4.69) is 6.07 Å². The van der Waals surface area contributed by atoms with Crippen molar-refractivity contribution in [1.29, 1.82) is 0 Å². The molecule has 1 fully saturated rings. The van der Waals surface area contributed by atoms with Gasteiger partial charge in [-0.1, -0.05) is 12.1 Å². The Hall–Kier alpha value is -0.870. The van der Waals surface area contributed by atoms with Gasteiger partial charge in [0.25, 0.3) is 0 Å². The smallest absolute Gasteiger partial charge is 0.163 e. The van der Waals surface area contributed by atoms with Crippen molar-refractivity contribution < 1.29 is 9.47 Å². The van der Waals surface area contributed by atoms with Crippen LogP contribution in [0.4, 0.5) is 0 Å². The van der Waals surface area contributed by atoms with Gasteiger partial charge in [0.2, 0.25) is 0 Å². The predicted octanol–water partition coefficient (Wildman–Crippen LogP) is 3.25. The molecule has 0 saturated carbocycles. The summed E-state index contributed by atoms with van der Waals surface area (Å²) in [5.41, 5.74) is 6.98. The van der Waals surface area contributed by atoms with Gasteiger partial charge in [-0.3, -0.25) is 0 Å².